The number of rotatable bonds is 12. The molecule has 1 fully saturated rings. The van der Waals surface area contributed by atoms with Gasteiger partial charge >= 0.3 is 6.09 Å². The van der Waals surface area contributed by atoms with Gasteiger partial charge in [0.15, 0.2) is 6.29 Å². The fourth-order valence-corrected chi connectivity index (χ4v) is 4.73. The van der Waals surface area contributed by atoms with E-state index >= 15 is 0 Å². The van der Waals surface area contributed by atoms with Crippen molar-refractivity contribution in [3.05, 3.63) is 89.5 Å². The second-order valence-corrected chi connectivity index (χ2v) is 9.46. The molecule has 9 heteroatoms. The summed E-state index contributed by atoms with van der Waals surface area (Å²) in [5.74, 6) is 1.46. The van der Waals surface area contributed by atoms with Gasteiger partial charge in [0.25, 0.3) is 0 Å². The lowest BCUT2D eigenvalue weighted by Crippen LogP contribution is -2.46. The van der Waals surface area contributed by atoms with Crippen LogP contribution in [0.5, 0.6) is 11.5 Å². The minimum absolute atomic E-state index is 0.0891. The van der Waals surface area contributed by atoms with Gasteiger partial charge in [-0.05, 0) is 42.3 Å². The standard InChI is InChI=1S/C30H36N2O7/c1-36-27-9-3-2-6-23(27)20-37-16-5-17-38-25-12-10-21(11-13-25)26-14-15-32(30(34)35)19-28(26)39-29(33)22-7-4-8-24(31)18-22/h2-4,6-13,18,26,28-29,33H,5,14-17,19-20,31H2,1H3,(H,34,35). The Hall–Kier alpha value is -3.79. The maximum absolute atomic E-state index is 11.6. The molecule has 1 aliphatic heterocycles. The summed E-state index contributed by atoms with van der Waals surface area (Å²) in [7, 11) is 1.65. The molecule has 208 valence electrons. The van der Waals surface area contributed by atoms with Crippen LogP contribution in [-0.2, 0) is 16.1 Å². The van der Waals surface area contributed by atoms with E-state index in [1.54, 1.807) is 31.4 Å². The highest BCUT2D eigenvalue weighted by Crippen LogP contribution is 2.34. The predicted octanol–water partition coefficient (Wildman–Crippen LogP) is 4.81. The molecule has 1 aliphatic rings. The first kappa shape index (κ1) is 28.2. The van der Waals surface area contributed by atoms with Crippen molar-refractivity contribution in [3.8, 4) is 11.5 Å². The number of nitrogens with two attached hydrogens (primary N) is 1. The molecular formula is C30H36N2O7. The molecule has 0 spiro atoms. The van der Waals surface area contributed by atoms with Crippen LogP contribution in [0.3, 0.4) is 0 Å². The number of methoxy groups -OCH3 is 1. The maximum atomic E-state index is 11.6. The zero-order valence-electron chi connectivity index (χ0n) is 22.1. The predicted molar refractivity (Wildman–Crippen MR) is 147 cm³/mol. The summed E-state index contributed by atoms with van der Waals surface area (Å²) in [5, 5.41) is 20.2. The van der Waals surface area contributed by atoms with Gasteiger partial charge < -0.3 is 39.8 Å². The lowest BCUT2D eigenvalue weighted by Gasteiger charge is -2.38. The van der Waals surface area contributed by atoms with Crippen LogP contribution in [0.2, 0.25) is 0 Å². The van der Waals surface area contributed by atoms with Gasteiger partial charge in [0, 0.05) is 35.7 Å². The maximum Gasteiger partial charge on any atom is 0.407 e. The Morgan fingerprint density at radius 2 is 1.87 bits per heavy atom. The van der Waals surface area contributed by atoms with Crippen LogP contribution < -0.4 is 15.2 Å². The number of likely N-dealkylation sites (tertiary alicyclic amines) is 1. The SMILES string of the molecule is COc1ccccc1COCCCOc1ccc(C2CCN(C(=O)O)CC2OC(O)c2cccc(N)c2)cc1. The summed E-state index contributed by atoms with van der Waals surface area (Å²) >= 11 is 0. The summed E-state index contributed by atoms with van der Waals surface area (Å²) in [6, 6.07) is 22.4. The molecule has 0 radical (unpaired) electrons. The number of piperidine rings is 1. The summed E-state index contributed by atoms with van der Waals surface area (Å²) < 4.78 is 23.0. The number of aliphatic hydroxyl groups excluding tert-OH is 1. The Balaban J connectivity index is 1.29. The quantitative estimate of drug-likeness (QED) is 0.171. The van der Waals surface area contributed by atoms with E-state index in [-0.39, 0.29) is 12.5 Å². The van der Waals surface area contributed by atoms with E-state index in [0.29, 0.717) is 44.0 Å². The first-order chi connectivity index (χ1) is 18.9. The zero-order chi connectivity index (χ0) is 27.6. The summed E-state index contributed by atoms with van der Waals surface area (Å²) in [6.45, 7) is 2.11. The molecule has 1 amide bonds. The number of para-hydroxylation sites is 1. The number of aliphatic hydroxyl groups is 1. The van der Waals surface area contributed by atoms with E-state index in [1.807, 2.05) is 48.5 Å². The third kappa shape index (κ3) is 7.86. The largest absolute Gasteiger partial charge is 0.496 e. The molecule has 3 atom stereocenters. The summed E-state index contributed by atoms with van der Waals surface area (Å²) in [6.07, 6.45) is -1.44. The number of nitrogens with zero attached hydrogens (tertiary/aromatic N) is 1. The molecule has 1 heterocycles. The Bertz CT molecular complexity index is 1200. The van der Waals surface area contributed by atoms with Crippen LogP contribution in [0.1, 0.15) is 41.7 Å². The van der Waals surface area contributed by atoms with Gasteiger partial charge in [-0.25, -0.2) is 4.79 Å². The minimum atomic E-state index is -1.22. The fraction of sp³-hybridized carbons (Fsp3) is 0.367. The minimum Gasteiger partial charge on any atom is -0.496 e. The molecule has 0 saturated carbocycles. The Labute approximate surface area is 228 Å². The summed E-state index contributed by atoms with van der Waals surface area (Å²) in [5.41, 5.74) is 8.89. The van der Waals surface area contributed by atoms with Gasteiger partial charge in [-0.3, -0.25) is 0 Å². The molecule has 3 aromatic rings. The van der Waals surface area contributed by atoms with Crippen molar-refractivity contribution in [2.75, 3.05) is 39.1 Å². The number of ether oxygens (including phenoxy) is 4. The summed E-state index contributed by atoms with van der Waals surface area (Å²) in [4.78, 5) is 12.9. The molecule has 4 N–H and O–H groups in total. The first-order valence-electron chi connectivity index (χ1n) is 13.0. The van der Waals surface area contributed by atoms with Crippen LogP contribution in [0.4, 0.5) is 10.5 Å². The average molecular weight is 537 g/mol. The molecule has 3 unspecified atom stereocenters. The number of hydrogen-bond donors (Lipinski definition) is 3. The van der Waals surface area contributed by atoms with Gasteiger partial charge in [0.2, 0.25) is 0 Å². The van der Waals surface area contributed by atoms with E-state index in [0.717, 1.165) is 29.0 Å². The molecule has 4 rings (SSSR count). The van der Waals surface area contributed by atoms with Gasteiger partial charge in [-0.2, -0.15) is 0 Å². The Kier molecular flexibility index (Phi) is 10.0. The number of amides is 1. The van der Waals surface area contributed by atoms with Crippen molar-refractivity contribution in [2.45, 2.75) is 37.8 Å². The van der Waals surface area contributed by atoms with E-state index in [2.05, 4.69) is 0 Å². The molecule has 1 saturated heterocycles. The Morgan fingerprint density at radius 3 is 2.62 bits per heavy atom. The molecule has 39 heavy (non-hydrogen) atoms. The van der Waals surface area contributed by atoms with Crippen LogP contribution in [0.15, 0.2) is 72.8 Å². The highest BCUT2D eigenvalue weighted by molar-refractivity contribution is 5.65. The van der Waals surface area contributed by atoms with E-state index in [9.17, 15) is 15.0 Å². The number of nitrogen functional groups attached to an aromatic ring is 1. The highest BCUT2D eigenvalue weighted by atomic mass is 16.6. The van der Waals surface area contributed by atoms with Crippen molar-refractivity contribution in [2.24, 2.45) is 0 Å². The van der Waals surface area contributed by atoms with Gasteiger partial charge in [0.1, 0.15) is 11.5 Å². The fourth-order valence-electron chi connectivity index (χ4n) is 4.73. The van der Waals surface area contributed by atoms with Crippen molar-refractivity contribution in [1.82, 2.24) is 4.90 Å². The molecule has 9 nitrogen and oxygen atoms in total. The van der Waals surface area contributed by atoms with Crippen molar-refractivity contribution in [3.63, 3.8) is 0 Å². The smallest absolute Gasteiger partial charge is 0.407 e. The van der Waals surface area contributed by atoms with Crippen molar-refractivity contribution < 1.29 is 34.0 Å². The van der Waals surface area contributed by atoms with Crippen LogP contribution in [-0.4, -0.2) is 60.7 Å². The zero-order valence-corrected chi connectivity index (χ0v) is 22.1. The number of carbonyl (C=O) groups is 1. The third-order valence-electron chi connectivity index (χ3n) is 6.79. The second kappa shape index (κ2) is 13.8. The Morgan fingerprint density at radius 1 is 1.08 bits per heavy atom. The number of carboxylic acid groups (broad SMARTS) is 1. The number of benzene rings is 3. The molecule has 0 bridgehead atoms. The van der Waals surface area contributed by atoms with Crippen molar-refractivity contribution in [1.29, 1.82) is 0 Å². The monoisotopic (exact) mass is 536 g/mol. The van der Waals surface area contributed by atoms with Crippen LogP contribution in [0.25, 0.3) is 0 Å². The van der Waals surface area contributed by atoms with Gasteiger partial charge in [-0.15, -0.1) is 0 Å². The first-order valence-corrected chi connectivity index (χ1v) is 13.0. The molecule has 0 aliphatic carbocycles. The van der Waals surface area contributed by atoms with Crippen molar-refractivity contribution >= 4 is 11.8 Å². The highest BCUT2D eigenvalue weighted by Gasteiger charge is 2.35. The van der Waals surface area contributed by atoms with Gasteiger partial charge in [0.05, 0.1) is 39.6 Å². The topological polar surface area (TPSA) is 124 Å². The molecular weight excluding hydrogens is 500 g/mol. The van der Waals surface area contributed by atoms with E-state index in [1.165, 1.54) is 4.90 Å². The van der Waals surface area contributed by atoms with Gasteiger partial charge in [-0.1, -0.05) is 42.5 Å². The average Bonchev–Trinajstić information content (AvgIpc) is 2.95. The van der Waals surface area contributed by atoms with E-state index in [4.69, 9.17) is 24.7 Å². The normalized spacial score (nSPS) is 17.9. The van der Waals surface area contributed by atoms with Crippen LogP contribution >= 0.6 is 0 Å². The lowest BCUT2D eigenvalue weighted by molar-refractivity contribution is -0.157. The molecule has 0 aromatic heterocycles. The van der Waals surface area contributed by atoms with E-state index < -0.39 is 18.5 Å². The number of anilines is 1. The van der Waals surface area contributed by atoms with Crippen LogP contribution in [0, 0.1) is 0 Å². The lowest BCUT2D eigenvalue weighted by atomic mass is 9.87. The molecule has 3 aromatic carbocycles. The number of hydrogen-bond acceptors (Lipinski definition) is 7. The second-order valence-electron chi connectivity index (χ2n) is 9.46. The third-order valence-corrected chi connectivity index (χ3v) is 6.79.